The van der Waals surface area contributed by atoms with Crippen LogP contribution in [0.3, 0.4) is 0 Å². The van der Waals surface area contributed by atoms with E-state index in [2.05, 4.69) is 10.6 Å². The number of ether oxygens (including phenoxy) is 2. The Morgan fingerprint density at radius 2 is 1.95 bits per heavy atom. The monoisotopic (exact) mass is 275 g/mol. The van der Waals surface area contributed by atoms with Crippen molar-refractivity contribution in [2.24, 2.45) is 5.73 Å². The van der Waals surface area contributed by atoms with Crippen molar-refractivity contribution in [3.05, 3.63) is 0 Å². The van der Waals surface area contributed by atoms with Gasteiger partial charge in [-0.05, 0) is 27.7 Å². The molecule has 0 aliphatic rings. The summed E-state index contributed by atoms with van der Waals surface area (Å²) in [6, 6.07) is 0.0738. The largest absolute Gasteiger partial charge is 0.444 e. The topological polar surface area (TPSA) is 103 Å². The summed E-state index contributed by atoms with van der Waals surface area (Å²) in [5, 5.41) is 5.79. The van der Waals surface area contributed by atoms with Gasteiger partial charge in [0.1, 0.15) is 12.2 Å². The van der Waals surface area contributed by atoms with E-state index in [0.29, 0.717) is 19.7 Å². The quantitative estimate of drug-likeness (QED) is 0.541. The Balaban J connectivity index is 3.56. The van der Waals surface area contributed by atoms with E-state index in [9.17, 15) is 9.59 Å². The molecule has 0 heterocycles. The van der Waals surface area contributed by atoms with Crippen LogP contribution >= 0.6 is 0 Å². The lowest BCUT2D eigenvalue weighted by Gasteiger charge is -2.21. The molecule has 0 rings (SSSR count). The number of hydrogen-bond donors (Lipinski definition) is 3. The minimum absolute atomic E-state index is 0.0738. The van der Waals surface area contributed by atoms with Crippen molar-refractivity contribution < 1.29 is 19.1 Å². The van der Waals surface area contributed by atoms with Crippen molar-refractivity contribution >= 4 is 12.0 Å². The third-order valence-corrected chi connectivity index (χ3v) is 1.93. The second-order valence-corrected chi connectivity index (χ2v) is 5.26. The molecule has 0 aromatic rings. The summed E-state index contributed by atoms with van der Waals surface area (Å²) in [6.45, 7) is 8.69. The number of primary amides is 1. The highest BCUT2D eigenvalue weighted by molar-refractivity contribution is 5.74. The molecule has 0 spiro atoms. The number of alkyl carbamates (subject to hydrolysis) is 1. The van der Waals surface area contributed by atoms with Crippen molar-refractivity contribution in [1.29, 1.82) is 0 Å². The molecule has 0 saturated heterocycles. The smallest absolute Gasteiger partial charge is 0.407 e. The third kappa shape index (κ3) is 12.9. The predicted molar refractivity (Wildman–Crippen MR) is 71.7 cm³/mol. The van der Waals surface area contributed by atoms with Crippen LogP contribution in [-0.2, 0) is 14.3 Å². The van der Waals surface area contributed by atoms with Crippen LogP contribution in [0.1, 0.15) is 27.7 Å². The lowest BCUT2D eigenvalue weighted by Crippen LogP contribution is -2.42. The highest BCUT2D eigenvalue weighted by atomic mass is 16.6. The second kappa shape index (κ2) is 8.71. The normalized spacial score (nSPS) is 12.8. The molecule has 19 heavy (non-hydrogen) atoms. The van der Waals surface area contributed by atoms with Crippen LogP contribution in [0, 0.1) is 0 Å². The van der Waals surface area contributed by atoms with Crippen molar-refractivity contribution in [2.45, 2.75) is 39.3 Å². The average molecular weight is 275 g/mol. The molecular formula is C12H25N3O4. The van der Waals surface area contributed by atoms with Crippen LogP contribution in [0.5, 0.6) is 0 Å². The maximum atomic E-state index is 11.4. The zero-order valence-corrected chi connectivity index (χ0v) is 12.1. The van der Waals surface area contributed by atoms with Crippen LogP contribution in [0.4, 0.5) is 4.79 Å². The van der Waals surface area contributed by atoms with E-state index in [1.807, 2.05) is 27.7 Å². The molecule has 7 heteroatoms. The average Bonchev–Trinajstić information content (AvgIpc) is 2.23. The first kappa shape index (κ1) is 17.7. The fourth-order valence-electron chi connectivity index (χ4n) is 1.17. The van der Waals surface area contributed by atoms with E-state index in [0.717, 1.165) is 0 Å². The van der Waals surface area contributed by atoms with E-state index in [4.69, 9.17) is 15.2 Å². The highest BCUT2D eigenvalue weighted by Gasteiger charge is 2.16. The van der Waals surface area contributed by atoms with Crippen LogP contribution < -0.4 is 16.4 Å². The molecule has 1 unspecified atom stereocenters. The molecule has 0 aliphatic heterocycles. The lowest BCUT2D eigenvalue weighted by molar-refractivity contribution is -0.122. The molecule has 0 aliphatic carbocycles. The lowest BCUT2D eigenvalue weighted by atomic mass is 10.2. The summed E-state index contributed by atoms with van der Waals surface area (Å²) in [5.41, 5.74) is 4.42. The van der Waals surface area contributed by atoms with Crippen LogP contribution in [-0.4, -0.2) is 49.9 Å². The summed E-state index contributed by atoms with van der Waals surface area (Å²) in [6.07, 6.45) is -0.439. The first-order valence-corrected chi connectivity index (χ1v) is 6.27. The second-order valence-electron chi connectivity index (χ2n) is 5.26. The Kier molecular flexibility index (Phi) is 8.09. The Morgan fingerprint density at radius 3 is 2.47 bits per heavy atom. The molecule has 1 atom stereocenters. The van der Waals surface area contributed by atoms with Crippen molar-refractivity contribution in [3.8, 4) is 0 Å². The molecule has 0 bridgehead atoms. The van der Waals surface area contributed by atoms with E-state index < -0.39 is 17.6 Å². The molecule has 112 valence electrons. The first-order valence-electron chi connectivity index (χ1n) is 6.27. The zero-order chi connectivity index (χ0) is 14.9. The first-order chi connectivity index (χ1) is 8.70. The van der Waals surface area contributed by atoms with E-state index in [-0.39, 0.29) is 12.6 Å². The van der Waals surface area contributed by atoms with Crippen LogP contribution in [0.15, 0.2) is 0 Å². The SMILES string of the molecule is CC(CNC(=O)OC(C)(C)C)NCCOCC(N)=O. The molecule has 0 radical (unpaired) electrons. The van der Waals surface area contributed by atoms with E-state index in [1.165, 1.54) is 0 Å². The standard InChI is InChI=1S/C12H25N3O4/c1-9(14-5-6-18-8-10(13)16)7-15-11(17)19-12(2,3)4/h9,14H,5-8H2,1-4H3,(H2,13,16)(H,15,17). The van der Waals surface area contributed by atoms with Crippen molar-refractivity contribution in [1.82, 2.24) is 10.6 Å². The summed E-state index contributed by atoms with van der Waals surface area (Å²) in [7, 11) is 0. The molecule has 0 fully saturated rings. The Morgan fingerprint density at radius 1 is 1.32 bits per heavy atom. The van der Waals surface area contributed by atoms with Crippen molar-refractivity contribution in [2.75, 3.05) is 26.3 Å². The molecule has 0 saturated carbocycles. The Hall–Kier alpha value is -1.34. The number of carbonyl (C=O) groups excluding carboxylic acids is 2. The van der Waals surface area contributed by atoms with E-state index in [1.54, 1.807) is 0 Å². The minimum Gasteiger partial charge on any atom is -0.444 e. The van der Waals surface area contributed by atoms with Gasteiger partial charge in [0.15, 0.2) is 0 Å². The fraction of sp³-hybridized carbons (Fsp3) is 0.833. The Labute approximate surface area is 114 Å². The summed E-state index contributed by atoms with van der Waals surface area (Å²) in [4.78, 5) is 21.8. The van der Waals surface area contributed by atoms with Crippen LogP contribution in [0.2, 0.25) is 0 Å². The van der Waals surface area contributed by atoms with Gasteiger partial charge in [0.2, 0.25) is 5.91 Å². The molecule has 0 aromatic carbocycles. The number of hydrogen-bond acceptors (Lipinski definition) is 5. The number of nitrogens with two attached hydrogens (primary N) is 1. The summed E-state index contributed by atoms with van der Waals surface area (Å²) >= 11 is 0. The van der Waals surface area contributed by atoms with Gasteiger partial charge >= 0.3 is 6.09 Å². The maximum absolute atomic E-state index is 11.4. The number of amides is 2. The minimum atomic E-state index is -0.497. The highest BCUT2D eigenvalue weighted by Crippen LogP contribution is 2.06. The summed E-state index contributed by atoms with van der Waals surface area (Å²) < 4.78 is 10.1. The van der Waals surface area contributed by atoms with Gasteiger partial charge in [-0.1, -0.05) is 0 Å². The zero-order valence-electron chi connectivity index (χ0n) is 12.1. The summed E-state index contributed by atoms with van der Waals surface area (Å²) in [5.74, 6) is -0.486. The molecular weight excluding hydrogens is 250 g/mol. The molecule has 2 amide bonds. The number of carbonyl (C=O) groups is 2. The van der Waals surface area contributed by atoms with Crippen molar-refractivity contribution in [3.63, 3.8) is 0 Å². The van der Waals surface area contributed by atoms with Gasteiger partial charge in [-0.2, -0.15) is 0 Å². The molecule has 7 nitrogen and oxygen atoms in total. The third-order valence-electron chi connectivity index (χ3n) is 1.93. The molecule has 4 N–H and O–H groups in total. The maximum Gasteiger partial charge on any atom is 0.407 e. The predicted octanol–water partition coefficient (Wildman–Crippen LogP) is -0.00890. The van der Waals surface area contributed by atoms with Gasteiger partial charge in [-0.15, -0.1) is 0 Å². The van der Waals surface area contributed by atoms with Gasteiger partial charge in [-0.25, -0.2) is 4.79 Å². The van der Waals surface area contributed by atoms with E-state index >= 15 is 0 Å². The van der Waals surface area contributed by atoms with Gasteiger partial charge < -0.3 is 25.8 Å². The van der Waals surface area contributed by atoms with Gasteiger partial charge in [0.05, 0.1) is 6.61 Å². The van der Waals surface area contributed by atoms with Gasteiger partial charge in [0, 0.05) is 19.1 Å². The number of nitrogens with one attached hydrogen (secondary N) is 2. The van der Waals surface area contributed by atoms with Gasteiger partial charge in [-0.3, -0.25) is 4.79 Å². The molecule has 0 aromatic heterocycles. The Bertz CT molecular complexity index is 289. The van der Waals surface area contributed by atoms with Gasteiger partial charge in [0.25, 0.3) is 0 Å². The fourth-order valence-corrected chi connectivity index (χ4v) is 1.17. The van der Waals surface area contributed by atoms with Crippen LogP contribution in [0.25, 0.3) is 0 Å². The number of rotatable bonds is 8.